The quantitative estimate of drug-likeness (QED) is 0.842. The van der Waals surface area contributed by atoms with Crippen LogP contribution in [0.25, 0.3) is 11.3 Å². The maximum atomic E-state index is 12.6. The highest BCUT2D eigenvalue weighted by atomic mass is 16.5. The van der Waals surface area contributed by atoms with Crippen LogP contribution < -0.4 is 5.32 Å². The number of benzene rings is 1. The Kier molecular flexibility index (Phi) is 5.91. The zero-order valence-corrected chi connectivity index (χ0v) is 15.9. The molecule has 144 valence electrons. The Bertz CT molecular complexity index is 815. The number of ether oxygens (including phenoxy) is 1. The van der Waals surface area contributed by atoms with Crippen LogP contribution in [0.4, 0.5) is 0 Å². The summed E-state index contributed by atoms with van der Waals surface area (Å²) in [5.41, 5.74) is 2.12. The predicted molar refractivity (Wildman–Crippen MR) is 100 cm³/mol. The summed E-state index contributed by atoms with van der Waals surface area (Å²) >= 11 is 0. The van der Waals surface area contributed by atoms with Crippen molar-refractivity contribution >= 4 is 11.8 Å². The molecule has 1 atom stereocenters. The molecule has 0 spiro atoms. The molecule has 1 saturated heterocycles. The van der Waals surface area contributed by atoms with Gasteiger partial charge in [-0.15, -0.1) is 0 Å². The van der Waals surface area contributed by atoms with Crippen LogP contribution in [0.2, 0.25) is 0 Å². The Morgan fingerprint density at radius 3 is 2.96 bits per heavy atom. The number of aryl methyl sites for hydroxylation is 1. The van der Waals surface area contributed by atoms with E-state index in [1.54, 1.807) is 4.90 Å². The van der Waals surface area contributed by atoms with Gasteiger partial charge in [-0.3, -0.25) is 9.59 Å². The minimum absolute atomic E-state index is 0.00971. The van der Waals surface area contributed by atoms with E-state index < -0.39 is 0 Å². The van der Waals surface area contributed by atoms with Gasteiger partial charge in [0.2, 0.25) is 5.91 Å². The minimum Gasteiger partial charge on any atom is -0.443 e. The number of rotatable bonds is 6. The maximum absolute atomic E-state index is 12.6. The summed E-state index contributed by atoms with van der Waals surface area (Å²) in [6.07, 6.45) is 1.03. The smallest absolute Gasteiger partial charge is 0.274 e. The molecule has 0 saturated carbocycles. The van der Waals surface area contributed by atoms with E-state index >= 15 is 0 Å². The summed E-state index contributed by atoms with van der Waals surface area (Å²) in [4.78, 5) is 30.4. The zero-order chi connectivity index (χ0) is 19.4. The van der Waals surface area contributed by atoms with Gasteiger partial charge in [0.05, 0.1) is 6.10 Å². The van der Waals surface area contributed by atoms with Crippen molar-refractivity contribution in [3.8, 4) is 11.3 Å². The van der Waals surface area contributed by atoms with Crippen LogP contribution in [-0.2, 0) is 9.53 Å². The van der Waals surface area contributed by atoms with Gasteiger partial charge in [0, 0.05) is 25.2 Å². The number of morpholine rings is 1. The third kappa shape index (κ3) is 4.74. The van der Waals surface area contributed by atoms with Crippen molar-refractivity contribution in [3.63, 3.8) is 0 Å². The molecule has 27 heavy (non-hydrogen) atoms. The second-order valence-electron chi connectivity index (χ2n) is 7.24. The molecule has 2 heterocycles. The predicted octanol–water partition coefficient (Wildman–Crippen LogP) is 2.26. The van der Waals surface area contributed by atoms with Gasteiger partial charge in [-0.1, -0.05) is 37.6 Å². The first kappa shape index (κ1) is 19.1. The van der Waals surface area contributed by atoms with Gasteiger partial charge >= 0.3 is 0 Å². The van der Waals surface area contributed by atoms with E-state index in [-0.39, 0.29) is 30.2 Å². The van der Waals surface area contributed by atoms with Crippen molar-refractivity contribution in [1.82, 2.24) is 15.2 Å². The third-order valence-corrected chi connectivity index (χ3v) is 4.36. The van der Waals surface area contributed by atoms with Crippen LogP contribution in [0.5, 0.6) is 0 Å². The molecule has 0 aliphatic carbocycles. The molecule has 1 N–H and O–H groups in total. The van der Waals surface area contributed by atoms with E-state index in [1.165, 1.54) is 6.39 Å². The van der Waals surface area contributed by atoms with Crippen molar-refractivity contribution in [1.29, 1.82) is 0 Å². The molecule has 1 aliphatic heterocycles. The number of hydrogen-bond acceptors (Lipinski definition) is 5. The highest BCUT2D eigenvalue weighted by Crippen LogP contribution is 2.24. The van der Waals surface area contributed by atoms with Crippen LogP contribution in [0, 0.1) is 12.8 Å². The van der Waals surface area contributed by atoms with Crippen LogP contribution in [0.15, 0.2) is 35.1 Å². The Morgan fingerprint density at radius 1 is 1.41 bits per heavy atom. The Labute approximate surface area is 158 Å². The standard InChI is InChI=1S/C20H25N3O4/c1-13(2)9-23-10-16(26-11-17(23)24)8-21-20(25)18-19(27-12-22-18)15-6-4-5-14(3)7-15/h4-7,12-13,16H,8-11H2,1-3H3,(H,21,25). The molecule has 3 rings (SSSR count). The lowest BCUT2D eigenvalue weighted by Crippen LogP contribution is -2.51. The van der Waals surface area contributed by atoms with Gasteiger partial charge in [0.1, 0.15) is 6.61 Å². The zero-order valence-electron chi connectivity index (χ0n) is 15.9. The highest BCUT2D eigenvalue weighted by Gasteiger charge is 2.27. The molecular weight excluding hydrogens is 346 g/mol. The number of nitrogens with zero attached hydrogens (tertiary/aromatic N) is 2. The van der Waals surface area contributed by atoms with E-state index in [4.69, 9.17) is 9.15 Å². The summed E-state index contributed by atoms with van der Waals surface area (Å²) in [7, 11) is 0. The Balaban J connectivity index is 1.62. The fourth-order valence-electron chi connectivity index (χ4n) is 3.11. The molecule has 0 bridgehead atoms. The largest absolute Gasteiger partial charge is 0.443 e. The van der Waals surface area contributed by atoms with Gasteiger partial charge in [-0.2, -0.15) is 0 Å². The second kappa shape index (κ2) is 8.35. The number of carbonyl (C=O) groups excluding carboxylic acids is 2. The molecule has 1 unspecified atom stereocenters. The number of nitrogens with one attached hydrogen (secondary N) is 1. The number of aromatic nitrogens is 1. The summed E-state index contributed by atoms with van der Waals surface area (Å²) in [5, 5.41) is 2.84. The summed E-state index contributed by atoms with van der Waals surface area (Å²) in [6, 6.07) is 7.70. The van der Waals surface area contributed by atoms with Gasteiger partial charge in [0.15, 0.2) is 17.8 Å². The second-order valence-corrected chi connectivity index (χ2v) is 7.24. The first-order valence-electron chi connectivity index (χ1n) is 9.12. The summed E-state index contributed by atoms with van der Waals surface area (Å²) < 4.78 is 11.0. The number of carbonyl (C=O) groups is 2. The maximum Gasteiger partial charge on any atom is 0.274 e. The lowest BCUT2D eigenvalue weighted by atomic mass is 10.1. The van der Waals surface area contributed by atoms with Gasteiger partial charge in [0.25, 0.3) is 5.91 Å². The van der Waals surface area contributed by atoms with Crippen LogP contribution >= 0.6 is 0 Å². The van der Waals surface area contributed by atoms with E-state index in [0.717, 1.165) is 11.1 Å². The van der Waals surface area contributed by atoms with Crippen molar-refractivity contribution in [2.75, 3.05) is 26.2 Å². The molecule has 1 fully saturated rings. The van der Waals surface area contributed by atoms with E-state index in [2.05, 4.69) is 24.1 Å². The fraction of sp³-hybridized carbons (Fsp3) is 0.450. The van der Waals surface area contributed by atoms with Crippen LogP contribution in [-0.4, -0.2) is 54.0 Å². The molecule has 2 amide bonds. The fourth-order valence-corrected chi connectivity index (χ4v) is 3.11. The van der Waals surface area contributed by atoms with Crippen molar-refractivity contribution < 1.29 is 18.7 Å². The molecule has 0 radical (unpaired) electrons. The molecule has 1 aromatic heterocycles. The van der Waals surface area contributed by atoms with Crippen LogP contribution in [0.1, 0.15) is 29.9 Å². The van der Waals surface area contributed by atoms with Crippen molar-refractivity contribution in [2.24, 2.45) is 5.92 Å². The highest BCUT2D eigenvalue weighted by molar-refractivity contribution is 5.97. The van der Waals surface area contributed by atoms with Gasteiger partial charge < -0.3 is 19.4 Å². The lowest BCUT2D eigenvalue weighted by molar-refractivity contribution is -0.149. The molecule has 7 heteroatoms. The summed E-state index contributed by atoms with van der Waals surface area (Å²) in [5.74, 6) is 0.493. The van der Waals surface area contributed by atoms with Gasteiger partial charge in [-0.25, -0.2) is 4.98 Å². The first-order valence-corrected chi connectivity index (χ1v) is 9.12. The van der Waals surface area contributed by atoms with Crippen LogP contribution in [0.3, 0.4) is 0 Å². The summed E-state index contributed by atoms with van der Waals surface area (Å²) in [6.45, 7) is 7.62. The topological polar surface area (TPSA) is 84.7 Å². The van der Waals surface area contributed by atoms with E-state index in [0.29, 0.717) is 31.3 Å². The lowest BCUT2D eigenvalue weighted by Gasteiger charge is -2.33. The Morgan fingerprint density at radius 2 is 2.22 bits per heavy atom. The monoisotopic (exact) mass is 371 g/mol. The molecule has 1 aliphatic rings. The number of hydrogen-bond donors (Lipinski definition) is 1. The minimum atomic E-state index is -0.323. The molecule has 2 aromatic rings. The third-order valence-electron chi connectivity index (χ3n) is 4.36. The van der Waals surface area contributed by atoms with E-state index in [9.17, 15) is 9.59 Å². The normalized spacial score (nSPS) is 17.4. The SMILES string of the molecule is Cc1cccc(-c2ocnc2C(=O)NCC2CN(CC(C)C)C(=O)CO2)c1. The number of amides is 2. The van der Waals surface area contributed by atoms with Gasteiger partial charge in [-0.05, 0) is 18.9 Å². The Hall–Kier alpha value is -2.67. The average molecular weight is 371 g/mol. The molecule has 7 nitrogen and oxygen atoms in total. The number of oxazole rings is 1. The van der Waals surface area contributed by atoms with E-state index in [1.807, 2.05) is 31.2 Å². The van der Waals surface area contributed by atoms with Crippen molar-refractivity contribution in [2.45, 2.75) is 26.9 Å². The van der Waals surface area contributed by atoms with Crippen molar-refractivity contribution in [3.05, 3.63) is 41.9 Å². The first-order chi connectivity index (χ1) is 12.9. The molecule has 1 aromatic carbocycles. The average Bonchev–Trinajstić information content (AvgIpc) is 3.11. The molecular formula is C20H25N3O4.